The Balaban J connectivity index is 1.53. The number of carbonyl (C=O) groups excluding carboxylic acids is 1. The van der Waals surface area contributed by atoms with Gasteiger partial charge in [0.05, 0.1) is 45.6 Å². The molecule has 0 saturated heterocycles. The van der Waals surface area contributed by atoms with Crippen LogP contribution in [0.3, 0.4) is 0 Å². The van der Waals surface area contributed by atoms with Crippen LogP contribution in [-0.4, -0.2) is 36.1 Å². The fourth-order valence-corrected chi connectivity index (χ4v) is 6.40. The van der Waals surface area contributed by atoms with Crippen LogP contribution in [-0.2, 0) is 16.6 Å². The van der Waals surface area contributed by atoms with Crippen LogP contribution in [0.2, 0.25) is 5.02 Å². The minimum absolute atomic E-state index is 0.0588. The van der Waals surface area contributed by atoms with E-state index >= 15 is 0 Å². The molecule has 3 aromatic heterocycles. The third-order valence-corrected chi connectivity index (χ3v) is 8.42. The van der Waals surface area contributed by atoms with Gasteiger partial charge >= 0.3 is 0 Å². The summed E-state index contributed by atoms with van der Waals surface area (Å²) < 4.78 is 9.16. The number of carbonyl (C=O) groups is 1. The number of benzene rings is 3. The Labute approximate surface area is 253 Å². The molecule has 0 spiro atoms. The number of fused-ring (bicyclic) bond motifs is 2. The first-order chi connectivity index (χ1) is 20.0. The van der Waals surface area contributed by atoms with E-state index in [9.17, 15) is 4.79 Å². The van der Waals surface area contributed by atoms with Crippen molar-refractivity contribution in [1.82, 2.24) is 24.7 Å². The number of ether oxygens (including phenoxy) is 1. The average molecular weight is 596 g/mol. The molecule has 0 aliphatic rings. The number of aromatic nitrogens is 5. The van der Waals surface area contributed by atoms with Crippen LogP contribution >= 0.6 is 22.9 Å². The van der Waals surface area contributed by atoms with Gasteiger partial charge in [0, 0.05) is 34.1 Å². The van der Waals surface area contributed by atoms with Crippen molar-refractivity contribution in [2.45, 2.75) is 46.3 Å². The molecule has 0 radical (unpaired) electrons. The fourth-order valence-electron chi connectivity index (χ4n) is 5.19. The van der Waals surface area contributed by atoms with Crippen molar-refractivity contribution in [2.75, 3.05) is 0 Å². The molecule has 0 fully saturated rings. The van der Waals surface area contributed by atoms with E-state index < -0.39 is 11.7 Å². The van der Waals surface area contributed by atoms with Gasteiger partial charge in [-0.1, -0.05) is 29.8 Å². The summed E-state index contributed by atoms with van der Waals surface area (Å²) in [6.07, 6.45) is 4.60. The Bertz CT molecular complexity index is 1970. The SMILES string of the molecule is CC(=O)[C@@H](OC(C)(C)C)c1c(C)cc2nc(-c3cncc(-c4ccc5c(cnn5C)c4)n3)sc2c1-c1ccc(Cl)cc1. The van der Waals surface area contributed by atoms with Crippen LogP contribution in [0.15, 0.2) is 67.1 Å². The maximum atomic E-state index is 13.0. The maximum Gasteiger partial charge on any atom is 0.163 e. The van der Waals surface area contributed by atoms with E-state index in [1.165, 1.54) is 11.3 Å². The number of rotatable bonds is 6. The molecule has 0 saturated carbocycles. The Hall–Kier alpha value is -3.98. The highest BCUT2D eigenvalue weighted by molar-refractivity contribution is 7.22. The first kappa shape index (κ1) is 28.2. The van der Waals surface area contributed by atoms with E-state index in [0.717, 1.165) is 59.6 Å². The Kier molecular flexibility index (Phi) is 7.17. The van der Waals surface area contributed by atoms with Crippen LogP contribution in [0.5, 0.6) is 0 Å². The van der Waals surface area contributed by atoms with E-state index in [1.807, 2.05) is 88.1 Å². The number of hydrogen-bond acceptors (Lipinski definition) is 7. The second-order valence-corrected chi connectivity index (χ2v) is 12.8. The first-order valence-electron chi connectivity index (χ1n) is 13.6. The first-order valence-corrected chi connectivity index (χ1v) is 14.8. The molecule has 1 atom stereocenters. The van der Waals surface area contributed by atoms with Crippen molar-refractivity contribution in [3.8, 4) is 33.1 Å². The monoisotopic (exact) mass is 595 g/mol. The standard InChI is InChI=1S/C33H30ClN5O2S/c1-18-13-24-31(29(20-7-10-23(34)11-8-20)28(18)30(19(2)40)41-33(3,4)5)42-32(38-24)26-17-35-16-25(37-26)21-9-12-27-22(14-21)15-36-39(27)6/h7-17,30H,1-6H3/t30-/m1/s1. The molecule has 6 aromatic rings. The average Bonchev–Trinajstić information content (AvgIpc) is 3.54. The van der Waals surface area contributed by atoms with Crippen molar-refractivity contribution >= 4 is 49.8 Å². The van der Waals surface area contributed by atoms with Crippen molar-refractivity contribution in [2.24, 2.45) is 7.05 Å². The number of hydrogen-bond donors (Lipinski definition) is 0. The van der Waals surface area contributed by atoms with Crippen molar-refractivity contribution in [3.63, 3.8) is 0 Å². The predicted octanol–water partition coefficient (Wildman–Crippen LogP) is 8.38. The summed E-state index contributed by atoms with van der Waals surface area (Å²) in [6, 6.07) is 15.8. The lowest BCUT2D eigenvalue weighted by atomic mass is 9.90. The summed E-state index contributed by atoms with van der Waals surface area (Å²) in [5, 5.41) is 6.77. The second-order valence-electron chi connectivity index (χ2n) is 11.4. The molecule has 9 heteroatoms. The normalized spacial score (nSPS) is 12.7. The minimum Gasteiger partial charge on any atom is -0.360 e. The summed E-state index contributed by atoms with van der Waals surface area (Å²) in [4.78, 5) is 27.5. The lowest BCUT2D eigenvalue weighted by molar-refractivity contribution is -0.138. The van der Waals surface area contributed by atoms with Gasteiger partial charge < -0.3 is 4.74 Å². The summed E-state index contributed by atoms with van der Waals surface area (Å²) in [5.74, 6) is -0.0588. The minimum atomic E-state index is -0.740. The van der Waals surface area contributed by atoms with Gasteiger partial charge in [-0.15, -0.1) is 11.3 Å². The summed E-state index contributed by atoms with van der Waals surface area (Å²) in [7, 11) is 1.93. The van der Waals surface area contributed by atoms with Crippen LogP contribution in [0.4, 0.5) is 0 Å². The highest BCUT2D eigenvalue weighted by Gasteiger charge is 2.30. The van der Waals surface area contributed by atoms with Crippen molar-refractivity contribution in [1.29, 1.82) is 0 Å². The molecule has 42 heavy (non-hydrogen) atoms. The topological polar surface area (TPSA) is 82.8 Å². The quantitative estimate of drug-likeness (QED) is 0.192. The van der Waals surface area contributed by atoms with Gasteiger partial charge in [-0.3, -0.25) is 14.5 Å². The highest BCUT2D eigenvalue weighted by atomic mass is 35.5. The van der Waals surface area contributed by atoms with Gasteiger partial charge in [0.15, 0.2) is 5.78 Å². The van der Waals surface area contributed by atoms with E-state index in [4.69, 9.17) is 26.3 Å². The summed E-state index contributed by atoms with van der Waals surface area (Å²) >= 11 is 7.79. The number of aryl methyl sites for hydroxylation is 2. The van der Waals surface area contributed by atoms with Crippen LogP contribution in [0.1, 0.15) is 44.9 Å². The van der Waals surface area contributed by atoms with Gasteiger partial charge in [-0.2, -0.15) is 5.10 Å². The van der Waals surface area contributed by atoms with Gasteiger partial charge in [0.2, 0.25) is 0 Å². The molecular weight excluding hydrogens is 566 g/mol. The molecule has 212 valence electrons. The van der Waals surface area contributed by atoms with Gasteiger partial charge in [-0.05, 0) is 76.1 Å². The molecule has 0 aliphatic carbocycles. The zero-order valence-corrected chi connectivity index (χ0v) is 25.8. The van der Waals surface area contributed by atoms with E-state index in [-0.39, 0.29) is 5.78 Å². The van der Waals surface area contributed by atoms with Crippen molar-refractivity contribution < 1.29 is 9.53 Å². The fraction of sp³-hybridized carbons (Fsp3) is 0.242. The second kappa shape index (κ2) is 10.7. The molecule has 0 amide bonds. The number of halogens is 1. The molecule has 0 N–H and O–H groups in total. The van der Waals surface area contributed by atoms with E-state index in [2.05, 4.69) is 16.1 Å². The Morgan fingerprint density at radius 3 is 2.40 bits per heavy atom. The number of ketones is 1. The molecule has 3 aromatic carbocycles. The maximum absolute atomic E-state index is 13.0. The van der Waals surface area contributed by atoms with E-state index in [1.54, 1.807) is 19.3 Å². The van der Waals surface area contributed by atoms with Crippen LogP contribution < -0.4 is 0 Å². The molecular formula is C33H30ClN5O2S. The molecule has 7 nitrogen and oxygen atoms in total. The number of thiazole rings is 1. The van der Waals surface area contributed by atoms with Crippen LogP contribution in [0, 0.1) is 6.92 Å². The Morgan fingerprint density at radius 1 is 0.976 bits per heavy atom. The molecule has 3 heterocycles. The molecule has 6 rings (SSSR count). The summed E-state index contributed by atoms with van der Waals surface area (Å²) in [5.41, 5.74) is 7.35. The molecule has 0 unspecified atom stereocenters. The number of nitrogens with zero attached hydrogens (tertiary/aromatic N) is 5. The largest absolute Gasteiger partial charge is 0.360 e. The number of Topliss-reactive ketones (excluding diaryl/α,β-unsaturated/α-hetero) is 1. The molecule has 0 aliphatic heterocycles. The lowest BCUT2D eigenvalue weighted by Gasteiger charge is -2.29. The van der Waals surface area contributed by atoms with Crippen LogP contribution in [0.25, 0.3) is 54.2 Å². The highest BCUT2D eigenvalue weighted by Crippen LogP contribution is 2.44. The lowest BCUT2D eigenvalue weighted by Crippen LogP contribution is -2.27. The zero-order valence-electron chi connectivity index (χ0n) is 24.3. The van der Waals surface area contributed by atoms with E-state index in [0.29, 0.717) is 10.7 Å². The van der Waals surface area contributed by atoms with Gasteiger partial charge in [0.25, 0.3) is 0 Å². The predicted molar refractivity (Wildman–Crippen MR) is 170 cm³/mol. The Morgan fingerprint density at radius 2 is 1.69 bits per heavy atom. The third kappa shape index (κ3) is 5.33. The molecule has 0 bridgehead atoms. The van der Waals surface area contributed by atoms with Crippen molar-refractivity contribution in [3.05, 3.63) is 83.3 Å². The smallest absolute Gasteiger partial charge is 0.163 e. The zero-order chi connectivity index (χ0) is 29.8. The van der Waals surface area contributed by atoms with Gasteiger partial charge in [-0.25, -0.2) is 9.97 Å². The summed E-state index contributed by atoms with van der Waals surface area (Å²) in [6.45, 7) is 9.46. The third-order valence-electron chi connectivity index (χ3n) is 7.06. The van der Waals surface area contributed by atoms with Gasteiger partial charge in [0.1, 0.15) is 16.8 Å².